The Morgan fingerprint density at radius 1 is 1.50 bits per heavy atom. The first-order valence-corrected chi connectivity index (χ1v) is 4.79. The predicted molar refractivity (Wildman–Crippen MR) is 54.8 cm³/mol. The topological polar surface area (TPSA) is 63.3 Å². The molecular formula is C10H10ClNO2. The molecule has 1 aromatic carbocycles. The van der Waals surface area contributed by atoms with Crippen LogP contribution in [0.25, 0.3) is 0 Å². The lowest BCUT2D eigenvalue weighted by Crippen LogP contribution is -2.05. The third-order valence-electron chi connectivity index (χ3n) is 2.39. The maximum Gasteiger partial charge on any atom is 0.336 e. The van der Waals surface area contributed by atoms with E-state index in [1.165, 1.54) is 6.07 Å². The van der Waals surface area contributed by atoms with Gasteiger partial charge in [0.2, 0.25) is 0 Å². The largest absolute Gasteiger partial charge is 0.478 e. The van der Waals surface area contributed by atoms with Crippen LogP contribution in [0.1, 0.15) is 34.7 Å². The highest BCUT2D eigenvalue weighted by Crippen LogP contribution is 2.45. The Hall–Kier alpha value is -1.22. The van der Waals surface area contributed by atoms with Crippen molar-refractivity contribution in [1.82, 2.24) is 0 Å². The van der Waals surface area contributed by atoms with E-state index in [2.05, 4.69) is 0 Å². The number of carbonyl (C=O) groups is 1. The van der Waals surface area contributed by atoms with Crippen molar-refractivity contribution in [3.63, 3.8) is 0 Å². The molecule has 0 heterocycles. The van der Waals surface area contributed by atoms with Gasteiger partial charge in [-0.3, -0.25) is 0 Å². The normalized spacial score (nSPS) is 15.5. The molecule has 1 saturated carbocycles. The van der Waals surface area contributed by atoms with Crippen LogP contribution in [-0.2, 0) is 0 Å². The van der Waals surface area contributed by atoms with Crippen LogP contribution < -0.4 is 5.73 Å². The second-order valence-electron chi connectivity index (χ2n) is 3.54. The molecule has 2 rings (SSSR count). The summed E-state index contributed by atoms with van der Waals surface area (Å²) in [5, 5.41) is 9.36. The molecule has 74 valence electrons. The van der Waals surface area contributed by atoms with Gasteiger partial charge in [-0.25, -0.2) is 4.79 Å². The number of carboxylic acids is 1. The Morgan fingerprint density at radius 3 is 2.64 bits per heavy atom. The second kappa shape index (κ2) is 3.17. The van der Waals surface area contributed by atoms with Gasteiger partial charge in [0.15, 0.2) is 0 Å². The van der Waals surface area contributed by atoms with E-state index in [0.717, 1.165) is 18.4 Å². The summed E-state index contributed by atoms with van der Waals surface area (Å²) in [5.74, 6) is -0.639. The van der Waals surface area contributed by atoms with Gasteiger partial charge in [0.25, 0.3) is 0 Å². The summed E-state index contributed by atoms with van der Waals surface area (Å²) in [6.07, 6.45) is 2.04. The maximum atomic E-state index is 10.9. The van der Waals surface area contributed by atoms with Crippen molar-refractivity contribution >= 4 is 23.3 Å². The third-order valence-corrected chi connectivity index (χ3v) is 2.61. The standard InChI is InChI=1S/C10H10ClNO2/c11-6-3-7(10(13)14)9(5-1-2-5)8(12)4-6/h3-5H,1-2,12H2,(H,13,14). The number of carboxylic acid groups (broad SMARTS) is 1. The number of nitrogen functional groups attached to an aromatic ring is 1. The van der Waals surface area contributed by atoms with Crippen LogP contribution in [0.3, 0.4) is 0 Å². The lowest BCUT2D eigenvalue weighted by atomic mass is 10.0. The molecule has 3 nitrogen and oxygen atoms in total. The van der Waals surface area contributed by atoms with E-state index in [0.29, 0.717) is 16.6 Å². The Labute approximate surface area is 86.5 Å². The summed E-state index contributed by atoms with van der Waals surface area (Å²) in [4.78, 5) is 10.9. The summed E-state index contributed by atoms with van der Waals surface area (Å²) >= 11 is 5.75. The maximum absolute atomic E-state index is 10.9. The Balaban J connectivity index is 2.58. The SMILES string of the molecule is Nc1cc(Cl)cc(C(=O)O)c1C1CC1. The number of rotatable bonds is 2. The van der Waals surface area contributed by atoms with Crippen LogP contribution in [-0.4, -0.2) is 11.1 Å². The first kappa shape index (κ1) is 9.34. The quantitative estimate of drug-likeness (QED) is 0.739. The summed E-state index contributed by atoms with van der Waals surface area (Å²) in [6.45, 7) is 0. The Bertz CT molecular complexity index is 399. The molecule has 14 heavy (non-hydrogen) atoms. The Kier molecular flexibility index (Phi) is 2.11. The first-order valence-electron chi connectivity index (χ1n) is 4.42. The minimum absolute atomic E-state index is 0.248. The van der Waals surface area contributed by atoms with E-state index < -0.39 is 5.97 Å². The lowest BCUT2D eigenvalue weighted by Gasteiger charge is -2.08. The van der Waals surface area contributed by atoms with Crippen molar-refractivity contribution in [3.8, 4) is 0 Å². The summed E-state index contributed by atoms with van der Waals surface area (Å²) in [7, 11) is 0. The summed E-state index contributed by atoms with van der Waals surface area (Å²) < 4.78 is 0. The molecule has 0 atom stereocenters. The monoisotopic (exact) mass is 211 g/mol. The van der Waals surface area contributed by atoms with Gasteiger partial charge in [-0.05, 0) is 36.5 Å². The van der Waals surface area contributed by atoms with E-state index in [1.54, 1.807) is 6.07 Å². The van der Waals surface area contributed by atoms with Crippen molar-refractivity contribution in [2.75, 3.05) is 5.73 Å². The van der Waals surface area contributed by atoms with Gasteiger partial charge in [-0.2, -0.15) is 0 Å². The lowest BCUT2D eigenvalue weighted by molar-refractivity contribution is 0.0695. The van der Waals surface area contributed by atoms with Gasteiger partial charge in [0.1, 0.15) is 0 Å². The number of hydrogen-bond acceptors (Lipinski definition) is 2. The van der Waals surface area contributed by atoms with Crippen molar-refractivity contribution in [3.05, 3.63) is 28.3 Å². The smallest absolute Gasteiger partial charge is 0.336 e. The van der Waals surface area contributed by atoms with E-state index in [1.807, 2.05) is 0 Å². The highest BCUT2D eigenvalue weighted by molar-refractivity contribution is 6.31. The van der Waals surface area contributed by atoms with Crippen LogP contribution in [0.2, 0.25) is 5.02 Å². The number of hydrogen-bond donors (Lipinski definition) is 2. The van der Waals surface area contributed by atoms with Gasteiger partial charge in [0, 0.05) is 10.7 Å². The summed E-state index contributed by atoms with van der Waals surface area (Å²) in [6, 6.07) is 3.08. The minimum Gasteiger partial charge on any atom is -0.478 e. The number of anilines is 1. The van der Waals surface area contributed by atoms with Crippen molar-refractivity contribution in [1.29, 1.82) is 0 Å². The van der Waals surface area contributed by atoms with Gasteiger partial charge in [-0.1, -0.05) is 11.6 Å². The second-order valence-corrected chi connectivity index (χ2v) is 3.97. The van der Waals surface area contributed by atoms with Gasteiger partial charge in [0.05, 0.1) is 5.56 Å². The van der Waals surface area contributed by atoms with E-state index in [-0.39, 0.29) is 5.56 Å². The van der Waals surface area contributed by atoms with Crippen LogP contribution in [0, 0.1) is 0 Å². The molecule has 0 aromatic heterocycles. The fourth-order valence-corrected chi connectivity index (χ4v) is 1.87. The predicted octanol–water partition coefficient (Wildman–Crippen LogP) is 2.50. The van der Waals surface area contributed by atoms with Crippen LogP contribution in [0.5, 0.6) is 0 Å². The molecular weight excluding hydrogens is 202 g/mol. The van der Waals surface area contributed by atoms with E-state index in [9.17, 15) is 4.79 Å². The van der Waals surface area contributed by atoms with Crippen LogP contribution in [0.4, 0.5) is 5.69 Å². The summed E-state index contributed by atoms with van der Waals surface area (Å²) in [5.41, 5.74) is 7.25. The number of aromatic carboxylic acids is 1. The molecule has 4 heteroatoms. The molecule has 0 spiro atoms. The fourth-order valence-electron chi connectivity index (χ4n) is 1.64. The van der Waals surface area contributed by atoms with Gasteiger partial charge < -0.3 is 10.8 Å². The molecule has 0 aliphatic heterocycles. The molecule has 0 bridgehead atoms. The molecule has 0 amide bonds. The molecule has 1 aliphatic rings. The van der Waals surface area contributed by atoms with E-state index in [4.69, 9.17) is 22.4 Å². The highest BCUT2D eigenvalue weighted by Gasteiger charge is 2.30. The first-order chi connectivity index (χ1) is 6.59. The van der Waals surface area contributed by atoms with Crippen molar-refractivity contribution in [2.24, 2.45) is 0 Å². The zero-order chi connectivity index (χ0) is 10.3. The van der Waals surface area contributed by atoms with Crippen LogP contribution in [0.15, 0.2) is 12.1 Å². The zero-order valence-electron chi connectivity index (χ0n) is 7.46. The molecule has 0 unspecified atom stereocenters. The highest BCUT2D eigenvalue weighted by atomic mass is 35.5. The van der Waals surface area contributed by atoms with E-state index >= 15 is 0 Å². The fraction of sp³-hybridized carbons (Fsp3) is 0.300. The van der Waals surface area contributed by atoms with Gasteiger partial charge in [-0.15, -0.1) is 0 Å². The van der Waals surface area contributed by atoms with Gasteiger partial charge >= 0.3 is 5.97 Å². The zero-order valence-corrected chi connectivity index (χ0v) is 8.21. The molecule has 1 fully saturated rings. The minimum atomic E-state index is -0.957. The van der Waals surface area contributed by atoms with Crippen molar-refractivity contribution in [2.45, 2.75) is 18.8 Å². The molecule has 3 N–H and O–H groups in total. The molecule has 1 aliphatic carbocycles. The molecule has 0 radical (unpaired) electrons. The van der Waals surface area contributed by atoms with Crippen LogP contribution >= 0.6 is 11.6 Å². The molecule has 1 aromatic rings. The molecule has 0 saturated heterocycles. The average Bonchev–Trinajstić information content (AvgIpc) is 2.85. The van der Waals surface area contributed by atoms with Crippen molar-refractivity contribution < 1.29 is 9.90 Å². The number of benzene rings is 1. The number of nitrogens with two attached hydrogens (primary N) is 1. The third kappa shape index (κ3) is 1.55. The average molecular weight is 212 g/mol. The number of halogens is 1. The Morgan fingerprint density at radius 2 is 2.14 bits per heavy atom.